The van der Waals surface area contributed by atoms with E-state index in [0.717, 1.165) is 38.2 Å². The van der Waals surface area contributed by atoms with Crippen LogP contribution in [-0.2, 0) is 6.42 Å². The quantitative estimate of drug-likeness (QED) is 0.513. The molecule has 4 heteroatoms. The molecule has 70 valence electrons. The zero-order valence-corrected chi connectivity index (χ0v) is 7.49. The molecule has 0 fully saturated rings. The summed E-state index contributed by atoms with van der Waals surface area (Å²) in [4.78, 5) is 3.90. The van der Waals surface area contributed by atoms with E-state index in [2.05, 4.69) is 25.9 Å². The number of nitrogens with zero attached hydrogens (tertiary/aromatic N) is 2. The van der Waals surface area contributed by atoms with Gasteiger partial charge in [-0.2, -0.15) is 4.98 Å². The highest BCUT2D eigenvalue weighted by Gasteiger charge is 1.96. The van der Waals surface area contributed by atoms with Crippen LogP contribution in [0, 0.1) is 12.3 Å². The molecular formula is C9H13N3O. The predicted octanol–water partition coefficient (Wildman–Crippen LogP) is 0.615. The van der Waals surface area contributed by atoms with Gasteiger partial charge in [0.1, 0.15) is 0 Å². The number of terminal acetylenes is 1. The van der Waals surface area contributed by atoms with E-state index < -0.39 is 0 Å². The minimum absolute atomic E-state index is 0.740. The fourth-order valence-electron chi connectivity index (χ4n) is 0.943. The van der Waals surface area contributed by atoms with Crippen LogP contribution in [0.1, 0.15) is 18.7 Å². The van der Waals surface area contributed by atoms with E-state index in [1.165, 1.54) is 6.39 Å². The number of hydrogen-bond donors (Lipinski definition) is 1. The van der Waals surface area contributed by atoms with Crippen LogP contribution >= 0.6 is 0 Å². The van der Waals surface area contributed by atoms with E-state index in [1.54, 1.807) is 0 Å². The highest BCUT2D eigenvalue weighted by atomic mass is 16.5. The van der Waals surface area contributed by atoms with Gasteiger partial charge in [0.15, 0.2) is 5.82 Å². The summed E-state index contributed by atoms with van der Waals surface area (Å²) in [5, 5.41) is 6.93. The van der Waals surface area contributed by atoms with Gasteiger partial charge < -0.3 is 9.84 Å². The molecule has 1 aromatic rings. The zero-order chi connectivity index (χ0) is 9.36. The van der Waals surface area contributed by atoms with Crippen LogP contribution in [0.5, 0.6) is 0 Å². The lowest BCUT2D eigenvalue weighted by Crippen LogP contribution is -2.18. The second-order valence-corrected chi connectivity index (χ2v) is 2.66. The summed E-state index contributed by atoms with van der Waals surface area (Å²) in [7, 11) is 0. The Kier molecular flexibility index (Phi) is 4.65. The summed E-state index contributed by atoms with van der Waals surface area (Å²) in [5.41, 5.74) is 0. The summed E-state index contributed by atoms with van der Waals surface area (Å²) in [6.07, 6.45) is 9.09. The number of rotatable bonds is 6. The third kappa shape index (κ3) is 4.28. The highest BCUT2D eigenvalue weighted by Crippen LogP contribution is 1.88. The topological polar surface area (TPSA) is 51.0 Å². The molecule has 1 heterocycles. The van der Waals surface area contributed by atoms with Gasteiger partial charge >= 0.3 is 0 Å². The number of hydrogen-bond acceptors (Lipinski definition) is 4. The van der Waals surface area contributed by atoms with E-state index in [0.29, 0.717) is 0 Å². The standard InChI is InChI=1S/C9H13N3O/c1-2-3-4-6-10-7-5-9-11-8-13-12-9/h1,8,10H,3-7H2. The second kappa shape index (κ2) is 6.21. The lowest BCUT2D eigenvalue weighted by atomic mass is 10.3. The molecule has 4 nitrogen and oxygen atoms in total. The van der Waals surface area contributed by atoms with Crippen molar-refractivity contribution in [3.05, 3.63) is 12.2 Å². The van der Waals surface area contributed by atoms with Gasteiger partial charge in [0.2, 0.25) is 6.39 Å². The van der Waals surface area contributed by atoms with E-state index in [9.17, 15) is 0 Å². The van der Waals surface area contributed by atoms with Crippen LogP contribution < -0.4 is 5.32 Å². The molecule has 0 radical (unpaired) electrons. The van der Waals surface area contributed by atoms with Crippen molar-refractivity contribution in [3.63, 3.8) is 0 Å². The summed E-state index contributed by atoms with van der Waals surface area (Å²) in [6, 6.07) is 0. The monoisotopic (exact) mass is 179 g/mol. The Bertz CT molecular complexity index is 250. The van der Waals surface area contributed by atoms with Gasteiger partial charge in [-0.3, -0.25) is 0 Å². The zero-order valence-electron chi connectivity index (χ0n) is 7.49. The SMILES string of the molecule is C#CCCCNCCc1ncon1. The largest absolute Gasteiger partial charge is 0.343 e. The molecule has 0 aliphatic rings. The normalized spacial score (nSPS) is 9.77. The van der Waals surface area contributed by atoms with Gasteiger partial charge in [0, 0.05) is 19.4 Å². The third-order valence-electron chi connectivity index (χ3n) is 1.61. The fraction of sp³-hybridized carbons (Fsp3) is 0.556. The first-order valence-electron chi connectivity index (χ1n) is 4.33. The van der Waals surface area contributed by atoms with Crippen molar-refractivity contribution < 1.29 is 4.52 Å². The first-order valence-corrected chi connectivity index (χ1v) is 4.33. The molecule has 0 saturated heterocycles. The van der Waals surface area contributed by atoms with Crippen LogP contribution in [0.3, 0.4) is 0 Å². The van der Waals surface area contributed by atoms with Crippen molar-refractivity contribution in [2.75, 3.05) is 13.1 Å². The minimum atomic E-state index is 0.740. The van der Waals surface area contributed by atoms with Crippen LogP contribution in [0.15, 0.2) is 10.9 Å². The first-order chi connectivity index (χ1) is 6.43. The molecule has 1 N–H and O–H groups in total. The van der Waals surface area contributed by atoms with Crippen molar-refractivity contribution in [2.45, 2.75) is 19.3 Å². The Labute approximate surface area is 77.7 Å². The number of unbranched alkanes of at least 4 members (excludes halogenated alkanes) is 1. The van der Waals surface area contributed by atoms with E-state index >= 15 is 0 Å². The molecule has 13 heavy (non-hydrogen) atoms. The van der Waals surface area contributed by atoms with Crippen LogP contribution in [0.25, 0.3) is 0 Å². The van der Waals surface area contributed by atoms with Crippen molar-refractivity contribution in [2.24, 2.45) is 0 Å². The van der Waals surface area contributed by atoms with Gasteiger partial charge in [-0.05, 0) is 13.0 Å². The lowest BCUT2D eigenvalue weighted by Gasteiger charge is -1.99. The number of nitrogens with one attached hydrogen (secondary N) is 1. The Morgan fingerprint density at radius 3 is 3.15 bits per heavy atom. The molecule has 0 aliphatic heterocycles. The molecule has 0 aromatic carbocycles. The molecular weight excluding hydrogens is 166 g/mol. The number of aromatic nitrogens is 2. The minimum Gasteiger partial charge on any atom is -0.343 e. The van der Waals surface area contributed by atoms with E-state index in [-0.39, 0.29) is 0 Å². The summed E-state index contributed by atoms with van der Waals surface area (Å²) < 4.78 is 4.59. The lowest BCUT2D eigenvalue weighted by molar-refractivity contribution is 0.409. The summed E-state index contributed by atoms with van der Waals surface area (Å²) >= 11 is 0. The van der Waals surface area contributed by atoms with Gasteiger partial charge in [-0.1, -0.05) is 5.16 Å². The van der Waals surface area contributed by atoms with Crippen LogP contribution in [0.4, 0.5) is 0 Å². The van der Waals surface area contributed by atoms with E-state index in [4.69, 9.17) is 6.42 Å². The average molecular weight is 179 g/mol. The maximum atomic E-state index is 5.11. The highest BCUT2D eigenvalue weighted by molar-refractivity contribution is 4.83. The molecule has 0 unspecified atom stereocenters. The maximum absolute atomic E-state index is 5.11. The Morgan fingerprint density at radius 2 is 2.46 bits per heavy atom. The maximum Gasteiger partial charge on any atom is 0.213 e. The van der Waals surface area contributed by atoms with Crippen molar-refractivity contribution in [1.82, 2.24) is 15.5 Å². The van der Waals surface area contributed by atoms with Gasteiger partial charge in [0.25, 0.3) is 0 Å². The molecule has 0 atom stereocenters. The summed E-state index contributed by atoms with van der Waals surface area (Å²) in [6.45, 7) is 1.81. The molecule has 0 spiro atoms. The van der Waals surface area contributed by atoms with Gasteiger partial charge in [-0.25, -0.2) is 0 Å². The van der Waals surface area contributed by atoms with Crippen LogP contribution in [-0.4, -0.2) is 23.2 Å². The van der Waals surface area contributed by atoms with Gasteiger partial charge in [-0.15, -0.1) is 12.3 Å². The molecule has 0 bridgehead atoms. The second-order valence-electron chi connectivity index (χ2n) is 2.66. The Balaban J connectivity index is 1.94. The summed E-state index contributed by atoms with van der Waals surface area (Å²) in [5.74, 6) is 3.33. The van der Waals surface area contributed by atoms with Crippen molar-refractivity contribution in [3.8, 4) is 12.3 Å². The molecule has 0 saturated carbocycles. The molecule has 1 rings (SSSR count). The van der Waals surface area contributed by atoms with Crippen LogP contribution in [0.2, 0.25) is 0 Å². The van der Waals surface area contributed by atoms with Crippen molar-refractivity contribution >= 4 is 0 Å². The molecule has 0 amide bonds. The van der Waals surface area contributed by atoms with E-state index in [1.807, 2.05) is 0 Å². The predicted molar refractivity (Wildman–Crippen MR) is 48.9 cm³/mol. The first kappa shape index (κ1) is 9.75. The third-order valence-corrected chi connectivity index (χ3v) is 1.61. The van der Waals surface area contributed by atoms with Crippen molar-refractivity contribution in [1.29, 1.82) is 0 Å². The fourth-order valence-corrected chi connectivity index (χ4v) is 0.943. The average Bonchev–Trinajstić information content (AvgIpc) is 2.63. The van der Waals surface area contributed by atoms with Gasteiger partial charge in [0.05, 0.1) is 0 Å². The Hall–Kier alpha value is -1.34. The molecule has 0 aliphatic carbocycles. The smallest absolute Gasteiger partial charge is 0.213 e. The molecule has 1 aromatic heterocycles. The Morgan fingerprint density at radius 1 is 1.54 bits per heavy atom.